The standard InChI is InChI=1S/C19H19N3O6/c1-19(2)18(24)20-13-6-4-5-7-14(13)21(19)17(23)11-28-16-10-12(22(25)26)8-9-15(16)27-3/h4-10H,11H2,1-3H3,(H,20,24). The van der Waals surface area contributed by atoms with E-state index in [9.17, 15) is 19.7 Å². The highest BCUT2D eigenvalue weighted by molar-refractivity contribution is 6.14. The molecule has 0 saturated carbocycles. The number of nitrogens with one attached hydrogen (secondary N) is 1. The molecule has 28 heavy (non-hydrogen) atoms. The van der Waals surface area contributed by atoms with Crippen molar-refractivity contribution in [2.75, 3.05) is 23.9 Å². The monoisotopic (exact) mass is 385 g/mol. The van der Waals surface area contributed by atoms with E-state index in [-0.39, 0.29) is 23.1 Å². The van der Waals surface area contributed by atoms with Crippen molar-refractivity contribution in [2.24, 2.45) is 0 Å². The molecule has 1 aliphatic rings. The second-order valence-electron chi connectivity index (χ2n) is 6.64. The molecular weight excluding hydrogens is 366 g/mol. The van der Waals surface area contributed by atoms with Crippen molar-refractivity contribution in [3.63, 3.8) is 0 Å². The molecule has 0 saturated heterocycles. The molecule has 1 N–H and O–H groups in total. The number of anilines is 2. The number of hydrogen-bond acceptors (Lipinski definition) is 6. The number of rotatable bonds is 5. The highest BCUT2D eigenvalue weighted by Gasteiger charge is 2.43. The molecule has 0 aromatic heterocycles. The molecule has 1 heterocycles. The van der Waals surface area contributed by atoms with Crippen LogP contribution in [0, 0.1) is 10.1 Å². The Labute approximate surface area is 161 Å². The van der Waals surface area contributed by atoms with E-state index in [1.807, 2.05) is 0 Å². The normalized spacial score (nSPS) is 14.7. The fraction of sp³-hybridized carbons (Fsp3) is 0.263. The molecule has 9 heteroatoms. The van der Waals surface area contributed by atoms with Gasteiger partial charge < -0.3 is 14.8 Å². The molecule has 1 aliphatic heterocycles. The summed E-state index contributed by atoms with van der Waals surface area (Å²) in [4.78, 5) is 37.2. The lowest BCUT2D eigenvalue weighted by Crippen LogP contribution is -2.59. The second-order valence-corrected chi connectivity index (χ2v) is 6.64. The summed E-state index contributed by atoms with van der Waals surface area (Å²) < 4.78 is 10.7. The predicted octanol–water partition coefficient (Wildman–Crippen LogP) is 2.75. The molecule has 0 fully saturated rings. The van der Waals surface area contributed by atoms with E-state index in [1.54, 1.807) is 38.1 Å². The first-order valence-corrected chi connectivity index (χ1v) is 8.44. The highest BCUT2D eigenvalue weighted by Crippen LogP contribution is 2.37. The van der Waals surface area contributed by atoms with Crippen LogP contribution in [0.5, 0.6) is 11.5 Å². The van der Waals surface area contributed by atoms with Crippen LogP contribution < -0.4 is 19.7 Å². The van der Waals surface area contributed by atoms with Gasteiger partial charge in [0.15, 0.2) is 18.1 Å². The maximum Gasteiger partial charge on any atom is 0.273 e. The quantitative estimate of drug-likeness (QED) is 0.626. The fourth-order valence-electron chi connectivity index (χ4n) is 2.99. The zero-order valence-electron chi connectivity index (χ0n) is 15.6. The first kappa shape index (κ1) is 19.2. The van der Waals surface area contributed by atoms with Gasteiger partial charge in [-0.05, 0) is 32.0 Å². The number of carbonyl (C=O) groups is 2. The molecule has 2 aromatic rings. The summed E-state index contributed by atoms with van der Waals surface area (Å²) in [6, 6.07) is 10.8. The Bertz CT molecular complexity index is 956. The Kier molecular flexibility index (Phi) is 4.91. The Balaban J connectivity index is 1.88. The van der Waals surface area contributed by atoms with Gasteiger partial charge in [-0.3, -0.25) is 24.6 Å². The zero-order chi connectivity index (χ0) is 20.5. The van der Waals surface area contributed by atoms with Crippen molar-refractivity contribution in [3.8, 4) is 11.5 Å². The third-order valence-electron chi connectivity index (χ3n) is 4.47. The van der Waals surface area contributed by atoms with Crippen molar-refractivity contribution in [1.29, 1.82) is 0 Å². The minimum absolute atomic E-state index is 0.0672. The number of methoxy groups -OCH3 is 1. The summed E-state index contributed by atoms with van der Waals surface area (Å²) in [6.45, 7) is 2.83. The van der Waals surface area contributed by atoms with E-state index in [4.69, 9.17) is 9.47 Å². The zero-order valence-corrected chi connectivity index (χ0v) is 15.6. The minimum Gasteiger partial charge on any atom is -0.493 e. The molecule has 0 unspecified atom stereocenters. The molecule has 9 nitrogen and oxygen atoms in total. The molecule has 0 radical (unpaired) electrons. The Hall–Kier alpha value is -3.62. The Morgan fingerprint density at radius 2 is 1.93 bits per heavy atom. The predicted molar refractivity (Wildman–Crippen MR) is 102 cm³/mol. The molecule has 2 amide bonds. The number of nitro benzene ring substituents is 1. The van der Waals surface area contributed by atoms with Crippen molar-refractivity contribution < 1.29 is 24.0 Å². The number of amides is 2. The van der Waals surface area contributed by atoms with Gasteiger partial charge in [0, 0.05) is 6.07 Å². The van der Waals surface area contributed by atoms with Gasteiger partial charge in [0.2, 0.25) is 5.91 Å². The maximum atomic E-state index is 13.0. The van der Waals surface area contributed by atoms with Gasteiger partial charge in [-0.2, -0.15) is 0 Å². The maximum absolute atomic E-state index is 13.0. The molecule has 2 aromatic carbocycles. The lowest BCUT2D eigenvalue weighted by molar-refractivity contribution is -0.385. The van der Waals surface area contributed by atoms with E-state index in [0.29, 0.717) is 11.4 Å². The van der Waals surface area contributed by atoms with Crippen LogP contribution in [0.2, 0.25) is 0 Å². The van der Waals surface area contributed by atoms with Crippen LogP contribution >= 0.6 is 0 Å². The number of fused-ring (bicyclic) bond motifs is 1. The molecule has 0 atom stereocenters. The molecular formula is C19H19N3O6. The molecule has 0 bridgehead atoms. The molecule has 3 rings (SSSR count). The van der Waals surface area contributed by atoms with Crippen LogP contribution in [0.3, 0.4) is 0 Å². The van der Waals surface area contributed by atoms with Gasteiger partial charge in [0.1, 0.15) is 5.54 Å². The van der Waals surface area contributed by atoms with Crippen molar-refractivity contribution in [3.05, 3.63) is 52.6 Å². The van der Waals surface area contributed by atoms with E-state index in [1.165, 1.54) is 30.2 Å². The first-order chi connectivity index (χ1) is 13.3. The van der Waals surface area contributed by atoms with Gasteiger partial charge in [-0.15, -0.1) is 0 Å². The largest absolute Gasteiger partial charge is 0.493 e. The first-order valence-electron chi connectivity index (χ1n) is 8.44. The SMILES string of the molecule is COc1ccc([N+](=O)[O-])cc1OCC(=O)N1c2ccccc2NC(=O)C1(C)C. The summed E-state index contributed by atoms with van der Waals surface area (Å²) in [7, 11) is 1.39. The van der Waals surface area contributed by atoms with Crippen molar-refractivity contribution in [2.45, 2.75) is 19.4 Å². The van der Waals surface area contributed by atoms with Crippen LogP contribution in [-0.2, 0) is 9.59 Å². The number of carbonyl (C=O) groups excluding carboxylic acids is 2. The lowest BCUT2D eigenvalue weighted by Gasteiger charge is -2.41. The third-order valence-corrected chi connectivity index (χ3v) is 4.47. The number of hydrogen-bond donors (Lipinski definition) is 1. The average Bonchev–Trinajstić information content (AvgIpc) is 2.66. The number of non-ortho nitro benzene ring substituents is 1. The van der Waals surface area contributed by atoms with Crippen molar-refractivity contribution in [1.82, 2.24) is 0 Å². The topological polar surface area (TPSA) is 111 Å². The van der Waals surface area contributed by atoms with Gasteiger partial charge in [-0.1, -0.05) is 12.1 Å². The van der Waals surface area contributed by atoms with Crippen LogP contribution in [0.1, 0.15) is 13.8 Å². The summed E-state index contributed by atoms with van der Waals surface area (Å²) in [5.74, 6) is -0.472. The minimum atomic E-state index is -1.14. The fourth-order valence-corrected chi connectivity index (χ4v) is 2.99. The average molecular weight is 385 g/mol. The van der Waals surface area contributed by atoms with E-state index in [2.05, 4.69) is 5.32 Å². The van der Waals surface area contributed by atoms with Gasteiger partial charge >= 0.3 is 0 Å². The van der Waals surface area contributed by atoms with E-state index in [0.717, 1.165) is 0 Å². The van der Waals surface area contributed by atoms with Crippen LogP contribution in [0.25, 0.3) is 0 Å². The summed E-state index contributed by atoms with van der Waals surface area (Å²) in [5, 5.41) is 13.8. The third kappa shape index (κ3) is 3.34. The second kappa shape index (κ2) is 7.18. The van der Waals surface area contributed by atoms with Gasteiger partial charge in [0.25, 0.3) is 11.6 Å². The summed E-state index contributed by atoms with van der Waals surface area (Å²) in [6.07, 6.45) is 0. The Morgan fingerprint density at radius 3 is 2.61 bits per heavy atom. The smallest absolute Gasteiger partial charge is 0.273 e. The number of nitrogens with zero attached hydrogens (tertiary/aromatic N) is 2. The van der Waals surface area contributed by atoms with Gasteiger partial charge in [-0.25, -0.2) is 0 Å². The summed E-state index contributed by atoms with van der Waals surface area (Å²) in [5.41, 5.74) is -0.257. The van der Waals surface area contributed by atoms with E-state index < -0.39 is 23.0 Å². The van der Waals surface area contributed by atoms with E-state index >= 15 is 0 Å². The molecule has 0 aliphatic carbocycles. The van der Waals surface area contributed by atoms with Crippen LogP contribution in [-0.4, -0.2) is 36.0 Å². The number of nitro groups is 1. The number of benzene rings is 2. The lowest BCUT2D eigenvalue weighted by atomic mass is 9.96. The van der Waals surface area contributed by atoms with Gasteiger partial charge in [0.05, 0.1) is 29.5 Å². The number of ether oxygens (including phenoxy) is 2. The summed E-state index contributed by atoms with van der Waals surface area (Å²) >= 11 is 0. The number of para-hydroxylation sites is 2. The Morgan fingerprint density at radius 1 is 1.21 bits per heavy atom. The van der Waals surface area contributed by atoms with Crippen LogP contribution in [0.4, 0.5) is 17.1 Å². The molecule has 0 spiro atoms. The van der Waals surface area contributed by atoms with Crippen molar-refractivity contribution >= 4 is 28.9 Å². The molecule has 146 valence electrons. The van der Waals surface area contributed by atoms with Crippen LogP contribution in [0.15, 0.2) is 42.5 Å². The highest BCUT2D eigenvalue weighted by atomic mass is 16.6.